The van der Waals surface area contributed by atoms with E-state index in [1.54, 1.807) is 31.2 Å². The Kier molecular flexibility index (Phi) is 4.72. The van der Waals surface area contributed by atoms with Crippen molar-refractivity contribution in [2.24, 2.45) is 0 Å². The summed E-state index contributed by atoms with van der Waals surface area (Å²) in [6.07, 6.45) is 0. The third-order valence-corrected chi connectivity index (χ3v) is 3.17. The second-order valence-corrected chi connectivity index (χ2v) is 5.08. The first kappa shape index (κ1) is 15.9. The molecule has 22 heavy (non-hydrogen) atoms. The van der Waals surface area contributed by atoms with E-state index in [-0.39, 0.29) is 12.2 Å². The van der Waals surface area contributed by atoms with E-state index in [0.717, 1.165) is 12.1 Å². The Morgan fingerprint density at radius 1 is 1.14 bits per heavy atom. The minimum atomic E-state index is -1.24. The maximum Gasteiger partial charge on any atom is 0.319 e. The molecule has 1 atom stereocenters. The van der Waals surface area contributed by atoms with Gasteiger partial charge < -0.3 is 15.7 Å². The molecule has 0 aromatic heterocycles. The molecule has 2 aromatic carbocycles. The van der Waals surface area contributed by atoms with E-state index in [0.29, 0.717) is 5.56 Å². The van der Waals surface area contributed by atoms with Gasteiger partial charge in [-0.15, -0.1) is 0 Å². The van der Waals surface area contributed by atoms with Gasteiger partial charge in [-0.2, -0.15) is 0 Å². The number of carbonyl (C=O) groups excluding carboxylic acids is 1. The van der Waals surface area contributed by atoms with Crippen molar-refractivity contribution >= 4 is 11.7 Å². The lowest BCUT2D eigenvalue weighted by molar-refractivity contribution is 0.0599. The third kappa shape index (κ3) is 4.02. The smallest absolute Gasteiger partial charge is 0.319 e. The van der Waals surface area contributed by atoms with E-state index in [9.17, 15) is 18.7 Å². The SMILES string of the molecule is CC(O)(CNC(=O)Nc1ccc(F)c(F)c1)c1ccccc1. The summed E-state index contributed by atoms with van der Waals surface area (Å²) in [6.45, 7) is 1.53. The van der Waals surface area contributed by atoms with Crippen LogP contribution in [0.4, 0.5) is 19.3 Å². The number of halogens is 2. The lowest BCUT2D eigenvalue weighted by atomic mass is 9.96. The topological polar surface area (TPSA) is 61.4 Å². The molecule has 0 heterocycles. The van der Waals surface area contributed by atoms with Crippen molar-refractivity contribution < 1.29 is 18.7 Å². The summed E-state index contributed by atoms with van der Waals surface area (Å²) in [5.74, 6) is -2.04. The zero-order valence-electron chi connectivity index (χ0n) is 11.9. The van der Waals surface area contributed by atoms with Crippen LogP contribution in [0.2, 0.25) is 0 Å². The Morgan fingerprint density at radius 3 is 2.45 bits per heavy atom. The minimum absolute atomic E-state index is 0.0352. The molecular weight excluding hydrogens is 290 g/mol. The zero-order valence-corrected chi connectivity index (χ0v) is 11.9. The number of carbonyl (C=O) groups is 1. The van der Waals surface area contributed by atoms with E-state index in [1.807, 2.05) is 6.07 Å². The number of rotatable bonds is 4. The first-order valence-corrected chi connectivity index (χ1v) is 6.66. The van der Waals surface area contributed by atoms with Gasteiger partial charge in [-0.05, 0) is 24.6 Å². The van der Waals surface area contributed by atoms with Crippen molar-refractivity contribution in [3.8, 4) is 0 Å². The van der Waals surface area contributed by atoms with Crippen molar-refractivity contribution in [1.82, 2.24) is 5.32 Å². The van der Waals surface area contributed by atoms with Crippen LogP contribution in [-0.4, -0.2) is 17.7 Å². The number of urea groups is 1. The summed E-state index contributed by atoms with van der Waals surface area (Å²) in [4.78, 5) is 11.7. The fraction of sp³-hybridized carbons (Fsp3) is 0.188. The van der Waals surface area contributed by atoms with E-state index in [1.165, 1.54) is 6.07 Å². The molecule has 0 aliphatic rings. The highest BCUT2D eigenvalue weighted by Gasteiger charge is 2.23. The van der Waals surface area contributed by atoms with Crippen molar-refractivity contribution in [3.05, 3.63) is 65.7 Å². The van der Waals surface area contributed by atoms with E-state index in [2.05, 4.69) is 10.6 Å². The van der Waals surface area contributed by atoms with Crippen LogP contribution >= 0.6 is 0 Å². The molecule has 2 aromatic rings. The minimum Gasteiger partial charge on any atom is -0.384 e. The van der Waals surface area contributed by atoms with Gasteiger partial charge in [-0.25, -0.2) is 13.6 Å². The Labute approximate surface area is 126 Å². The number of anilines is 1. The van der Waals surface area contributed by atoms with Gasteiger partial charge in [0.2, 0.25) is 0 Å². The third-order valence-electron chi connectivity index (χ3n) is 3.17. The van der Waals surface area contributed by atoms with Crippen LogP contribution < -0.4 is 10.6 Å². The quantitative estimate of drug-likeness (QED) is 0.813. The lowest BCUT2D eigenvalue weighted by Crippen LogP contribution is -2.40. The largest absolute Gasteiger partial charge is 0.384 e. The Bertz CT molecular complexity index is 660. The van der Waals surface area contributed by atoms with Gasteiger partial charge >= 0.3 is 6.03 Å². The molecular formula is C16H16F2N2O2. The number of aliphatic hydroxyl groups is 1. The molecule has 0 fully saturated rings. The summed E-state index contributed by atoms with van der Waals surface area (Å²) >= 11 is 0. The highest BCUT2D eigenvalue weighted by Crippen LogP contribution is 2.19. The van der Waals surface area contributed by atoms with Crippen LogP contribution in [0.25, 0.3) is 0 Å². The molecule has 0 aliphatic carbocycles. The molecule has 116 valence electrons. The number of hydrogen-bond acceptors (Lipinski definition) is 2. The highest BCUT2D eigenvalue weighted by molar-refractivity contribution is 5.89. The van der Waals surface area contributed by atoms with Crippen LogP contribution in [0.1, 0.15) is 12.5 Å². The van der Waals surface area contributed by atoms with Crippen LogP contribution in [-0.2, 0) is 5.60 Å². The number of amides is 2. The second-order valence-electron chi connectivity index (χ2n) is 5.08. The van der Waals surface area contributed by atoms with Crippen LogP contribution in [0, 0.1) is 11.6 Å². The number of benzene rings is 2. The summed E-state index contributed by atoms with van der Waals surface area (Å²) in [5, 5.41) is 15.2. The monoisotopic (exact) mass is 306 g/mol. The normalized spacial score (nSPS) is 13.3. The summed E-state index contributed by atoms with van der Waals surface area (Å²) in [6, 6.07) is 11.3. The predicted molar refractivity (Wildman–Crippen MR) is 79.4 cm³/mol. The summed E-state index contributed by atoms with van der Waals surface area (Å²) in [7, 11) is 0. The fourth-order valence-electron chi connectivity index (χ4n) is 1.90. The van der Waals surface area contributed by atoms with E-state index < -0.39 is 23.3 Å². The molecule has 1 unspecified atom stereocenters. The maximum atomic E-state index is 13.0. The van der Waals surface area contributed by atoms with Crippen LogP contribution in [0.15, 0.2) is 48.5 Å². The molecule has 0 aliphatic heterocycles. The molecule has 6 heteroatoms. The van der Waals surface area contributed by atoms with Crippen molar-refractivity contribution in [1.29, 1.82) is 0 Å². The van der Waals surface area contributed by atoms with Gasteiger partial charge in [0.05, 0.1) is 6.54 Å². The Hall–Kier alpha value is -2.47. The average Bonchev–Trinajstić information content (AvgIpc) is 2.50. The van der Waals surface area contributed by atoms with Crippen molar-refractivity contribution in [3.63, 3.8) is 0 Å². The van der Waals surface area contributed by atoms with Crippen molar-refractivity contribution in [2.75, 3.05) is 11.9 Å². The highest BCUT2D eigenvalue weighted by atomic mass is 19.2. The summed E-state index contributed by atoms with van der Waals surface area (Å²) < 4.78 is 25.8. The number of hydrogen-bond donors (Lipinski definition) is 3. The van der Waals surface area contributed by atoms with Crippen molar-refractivity contribution in [2.45, 2.75) is 12.5 Å². The summed E-state index contributed by atoms with van der Waals surface area (Å²) in [5.41, 5.74) is -0.467. The van der Waals surface area contributed by atoms with Gasteiger partial charge in [0.15, 0.2) is 11.6 Å². The maximum absolute atomic E-state index is 13.0. The first-order valence-electron chi connectivity index (χ1n) is 6.66. The molecule has 2 rings (SSSR count). The van der Waals surface area contributed by atoms with E-state index >= 15 is 0 Å². The van der Waals surface area contributed by atoms with Crippen LogP contribution in [0.3, 0.4) is 0 Å². The van der Waals surface area contributed by atoms with Gasteiger partial charge in [-0.3, -0.25) is 0 Å². The molecule has 4 nitrogen and oxygen atoms in total. The van der Waals surface area contributed by atoms with Crippen LogP contribution in [0.5, 0.6) is 0 Å². The first-order chi connectivity index (χ1) is 10.4. The standard InChI is InChI=1S/C16H16F2N2O2/c1-16(22,11-5-3-2-4-6-11)10-19-15(21)20-12-7-8-13(17)14(18)9-12/h2-9,22H,10H2,1H3,(H2,19,20,21). The molecule has 0 saturated heterocycles. The Balaban J connectivity index is 1.93. The van der Waals surface area contributed by atoms with Gasteiger partial charge in [0.25, 0.3) is 0 Å². The molecule has 0 saturated carbocycles. The zero-order chi connectivity index (χ0) is 16.2. The lowest BCUT2D eigenvalue weighted by Gasteiger charge is -2.24. The predicted octanol–water partition coefficient (Wildman–Crippen LogP) is 2.99. The molecule has 0 bridgehead atoms. The molecule has 2 amide bonds. The average molecular weight is 306 g/mol. The number of nitrogens with one attached hydrogen (secondary N) is 2. The molecule has 0 spiro atoms. The van der Waals surface area contributed by atoms with Gasteiger partial charge in [-0.1, -0.05) is 30.3 Å². The Morgan fingerprint density at radius 2 is 1.82 bits per heavy atom. The fourth-order valence-corrected chi connectivity index (χ4v) is 1.90. The van der Waals surface area contributed by atoms with Gasteiger partial charge in [0.1, 0.15) is 5.60 Å². The van der Waals surface area contributed by atoms with E-state index in [4.69, 9.17) is 0 Å². The van der Waals surface area contributed by atoms with Gasteiger partial charge in [0, 0.05) is 11.8 Å². The molecule has 3 N–H and O–H groups in total. The second kappa shape index (κ2) is 6.53. The molecule has 0 radical (unpaired) electrons.